The van der Waals surface area contributed by atoms with E-state index in [1.54, 1.807) is 0 Å². The van der Waals surface area contributed by atoms with Crippen LogP contribution >= 0.6 is 11.6 Å². The first-order chi connectivity index (χ1) is 14.9. The number of aryl methyl sites for hydroxylation is 1. The van der Waals surface area contributed by atoms with Crippen molar-refractivity contribution in [3.8, 4) is 11.5 Å². The van der Waals surface area contributed by atoms with Crippen LogP contribution in [0.1, 0.15) is 50.5 Å². The summed E-state index contributed by atoms with van der Waals surface area (Å²) in [6.45, 7) is 1.97. The molecule has 0 saturated heterocycles. The molecule has 4 nitrogen and oxygen atoms in total. The Labute approximate surface area is 187 Å². The fraction of sp³-hybridized carbons (Fsp3) is 0.462. The lowest BCUT2D eigenvalue weighted by Gasteiger charge is -2.56. The Hall–Kier alpha value is -2.33. The summed E-state index contributed by atoms with van der Waals surface area (Å²) in [7, 11) is 0. The molecule has 1 heterocycles. The molecule has 4 bridgehead atoms. The monoisotopic (exact) mass is 434 g/mol. The van der Waals surface area contributed by atoms with Crippen molar-refractivity contribution >= 4 is 34.3 Å². The van der Waals surface area contributed by atoms with Gasteiger partial charge in [0.2, 0.25) is 11.8 Å². The maximum atomic E-state index is 13.0. The van der Waals surface area contributed by atoms with E-state index in [9.17, 15) is 4.79 Å². The lowest BCUT2D eigenvalue weighted by Crippen LogP contribution is -2.47. The number of anilines is 1. The van der Waals surface area contributed by atoms with Gasteiger partial charge in [-0.3, -0.25) is 4.79 Å². The second-order valence-corrected chi connectivity index (χ2v) is 10.7. The van der Waals surface area contributed by atoms with E-state index in [1.165, 1.54) is 38.5 Å². The minimum absolute atomic E-state index is 0.135. The van der Waals surface area contributed by atoms with Crippen molar-refractivity contribution < 1.29 is 9.21 Å². The number of carbonyl (C=O) groups is 1. The van der Waals surface area contributed by atoms with Gasteiger partial charge in [0.25, 0.3) is 0 Å². The number of fused-ring (bicyclic) bond motifs is 1. The highest BCUT2D eigenvalue weighted by Gasteiger charge is 2.51. The molecule has 3 aromatic rings. The number of nitrogens with one attached hydrogen (secondary N) is 1. The number of oxazole rings is 1. The highest BCUT2D eigenvalue weighted by Crippen LogP contribution is 2.61. The van der Waals surface area contributed by atoms with Crippen LogP contribution in [0, 0.1) is 30.1 Å². The number of halogens is 1. The zero-order valence-corrected chi connectivity index (χ0v) is 18.5. The number of benzene rings is 2. The van der Waals surface area contributed by atoms with E-state index >= 15 is 0 Å². The lowest BCUT2D eigenvalue weighted by atomic mass is 9.49. The number of rotatable bonds is 4. The van der Waals surface area contributed by atoms with E-state index in [0.29, 0.717) is 22.9 Å². The summed E-state index contributed by atoms with van der Waals surface area (Å²) in [4.78, 5) is 17.6. The normalized spacial score (nSPS) is 28.9. The van der Waals surface area contributed by atoms with Gasteiger partial charge in [-0.25, -0.2) is 4.98 Å². The summed E-state index contributed by atoms with van der Waals surface area (Å²) in [6.07, 6.45) is 8.60. The van der Waals surface area contributed by atoms with Crippen LogP contribution in [0.4, 0.5) is 5.69 Å². The molecule has 1 N–H and O–H groups in total. The molecule has 1 aromatic heterocycles. The Bertz CT molecular complexity index is 1150. The van der Waals surface area contributed by atoms with Crippen molar-refractivity contribution in [3.05, 3.63) is 47.0 Å². The average Bonchev–Trinajstić information content (AvgIpc) is 3.12. The van der Waals surface area contributed by atoms with E-state index in [4.69, 9.17) is 16.0 Å². The smallest absolute Gasteiger partial charge is 0.227 e. The topological polar surface area (TPSA) is 55.1 Å². The van der Waals surface area contributed by atoms with Crippen LogP contribution in [0.3, 0.4) is 0 Å². The maximum Gasteiger partial charge on any atom is 0.227 e. The van der Waals surface area contributed by atoms with E-state index in [1.807, 2.05) is 43.3 Å². The maximum absolute atomic E-state index is 13.0. The van der Waals surface area contributed by atoms with Crippen LogP contribution in [-0.4, -0.2) is 10.9 Å². The molecular weight excluding hydrogens is 408 g/mol. The molecule has 4 saturated carbocycles. The SMILES string of the molecule is Cc1ccc(-c2nc3cc(NC(=O)CC45CC6CC(CC(C6)C4)C5)ccc3o2)cc1Cl. The summed E-state index contributed by atoms with van der Waals surface area (Å²) in [5, 5.41) is 3.82. The van der Waals surface area contributed by atoms with Crippen molar-refractivity contribution in [1.29, 1.82) is 0 Å². The standard InChI is InChI=1S/C26H27ClN2O2/c1-15-2-3-19(9-21(15)27)25-29-22-10-20(4-5-23(22)31-25)28-24(30)14-26-11-16-6-17(12-26)8-18(7-16)13-26/h2-5,9-10,16-18H,6-8,11-14H2,1H3,(H,28,30). The van der Waals surface area contributed by atoms with E-state index in [-0.39, 0.29) is 11.3 Å². The second-order valence-electron chi connectivity index (χ2n) is 10.3. The molecule has 4 aliphatic rings. The fourth-order valence-electron chi connectivity index (χ4n) is 6.91. The van der Waals surface area contributed by atoms with Gasteiger partial charge >= 0.3 is 0 Å². The van der Waals surface area contributed by atoms with Crippen molar-refractivity contribution in [2.45, 2.75) is 51.9 Å². The van der Waals surface area contributed by atoms with Gasteiger partial charge in [-0.2, -0.15) is 0 Å². The van der Waals surface area contributed by atoms with Crippen LogP contribution in [-0.2, 0) is 4.79 Å². The first-order valence-corrected chi connectivity index (χ1v) is 11.8. The van der Waals surface area contributed by atoms with Gasteiger partial charge in [0.1, 0.15) is 5.52 Å². The van der Waals surface area contributed by atoms with E-state index in [2.05, 4.69) is 10.3 Å². The highest BCUT2D eigenvalue weighted by atomic mass is 35.5. The van der Waals surface area contributed by atoms with Crippen LogP contribution in [0.5, 0.6) is 0 Å². The molecule has 4 fully saturated rings. The third-order valence-electron chi connectivity index (χ3n) is 7.79. The number of amides is 1. The van der Waals surface area contributed by atoms with Crippen LogP contribution in [0.25, 0.3) is 22.6 Å². The number of carbonyl (C=O) groups excluding carboxylic acids is 1. The summed E-state index contributed by atoms with van der Waals surface area (Å²) in [5.41, 5.74) is 4.33. The van der Waals surface area contributed by atoms with Gasteiger partial charge in [-0.15, -0.1) is 0 Å². The molecule has 5 heteroatoms. The van der Waals surface area contributed by atoms with Crippen LogP contribution in [0.15, 0.2) is 40.8 Å². The third kappa shape index (κ3) is 3.55. The fourth-order valence-corrected chi connectivity index (χ4v) is 7.09. The number of hydrogen-bond donors (Lipinski definition) is 1. The molecule has 0 radical (unpaired) electrons. The Kier molecular flexibility index (Phi) is 4.43. The first-order valence-electron chi connectivity index (χ1n) is 11.4. The molecule has 0 aliphatic heterocycles. The molecule has 160 valence electrons. The van der Waals surface area contributed by atoms with Crippen LogP contribution in [0.2, 0.25) is 5.02 Å². The molecule has 31 heavy (non-hydrogen) atoms. The summed E-state index contributed by atoms with van der Waals surface area (Å²) in [6, 6.07) is 11.5. The van der Waals surface area contributed by atoms with Crippen molar-refractivity contribution in [2.75, 3.05) is 5.32 Å². The summed E-state index contributed by atoms with van der Waals surface area (Å²) >= 11 is 6.26. The van der Waals surface area contributed by atoms with Crippen molar-refractivity contribution in [3.63, 3.8) is 0 Å². The van der Waals surface area contributed by atoms with Gasteiger partial charge in [0, 0.05) is 22.7 Å². The van der Waals surface area contributed by atoms with Gasteiger partial charge < -0.3 is 9.73 Å². The van der Waals surface area contributed by atoms with Gasteiger partial charge in [0.15, 0.2) is 5.58 Å². The first kappa shape index (κ1) is 19.4. The molecule has 7 rings (SSSR count). The summed E-state index contributed by atoms with van der Waals surface area (Å²) < 4.78 is 5.92. The number of aromatic nitrogens is 1. The minimum atomic E-state index is 0.135. The van der Waals surface area contributed by atoms with Gasteiger partial charge in [-0.1, -0.05) is 17.7 Å². The number of nitrogens with zero attached hydrogens (tertiary/aromatic N) is 1. The number of hydrogen-bond acceptors (Lipinski definition) is 3. The molecule has 2 aromatic carbocycles. The van der Waals surface area contributed by atoms with Gasteiger partial charge in [-0.05, 0) is 105 Å². The average molecular weight is 435 g/mol. The molecular formula is C26H27ClN2O2. The Morgan fingerprint density at radius 2 is 1.81 bits per heavy atom. The molecule has 1 amide bonds. The predicted molar refractivity (Wildman–Crippen MR) is 123 cm³/mol. The van der Waals surface area contributed by atoms with E-state index in [0.717, 1.165) is 40.1 Å². The minimum Gasteiger partial charge on any atom is -0.436 e. The van der Waals surface area contributed by atoms with Crippen LogP contribution < -0.4 is 5.32 Å². The van der Waals surface area contributed by atoms with Crippen molar-refractivity contribution in [1.82, 2.24) is 4.98 Å². The van der Waals surface area contributed by atoms with Gasteiger partial charge in [0.05, 0.1) is 0 Å². The quantitative estimate of drug-likeness (QED) is 0.480. The second kappa shape index (κ2) is 7.09. The Balaban J connectivity index is 1.19. The molecule has 0 spiro atoms. The zero-order valence-electron chi connectivity index (χ0n) is 17.8. The molecule has 0 atom stereocenters. The van der Waals surface area contributed by atoms with E-state index < -0.39 is 0 Å². The van der Waals surface area contributed by atoms with Crippen molar-refractivity contribution in [2.24, 2.45) is 23.2 Å². The largest absolute Gasteiger partial charge is 0.436 e. The molecule has 0 unspecified atom stereocenters. The predicted octanol–water partition coefficient (Wildman–Crippen LogP) is 7.00. The lowest BCUT2D eigenvalue weighted by molar-refractivity contribution is -0.124. The zero-order chi connectivity index (χ0) is 21.2. The third-order valence-corrected chi connectivity index (χ3v) is 8.20. The highest BCUT2D eigenvalue weighted by molar-refractivity contribution is 6.31. The summed E-state index contributed by atoms with van der Waals surface area (Å²) in [5.74, 6) is 3.25. The molecule has 4 aliphatic carbocycles. The Morgan fingerprint density at radius 3 is 2.48 bits per heavy atom. The Morgan fingerprint density at radius 1 is 1.10 bits per heavy atom.